The molecule has 0 bridgehead atoms. The van der Waals surface area contributed by atoms with Crippen LogP contribution in [0.5, 0.6) is 0 Å². The van der Waals surface area contributed by atoms with Gasteiger partial charge in [0, 0.05) is 12.3 Å². The Morgan fingerprint density at radius 1 is 1.32 bits per heavy atom. The standard InChI is InChI=1S/C15H18N2O5/c1-9-4-5-12(18)10(6-9)15(8-17,14(20)22-3)11(7-16)13(19)21-2/h9-11H,4-6H2,1-3H3/t9-,10-,11+,15+/m1/s1. The maximum absolute atomic E-state index is 12.3. The van der Waals surface area contributed by atoms with Crippen molar-refractivity contribution in [3.63, 3.8) is 0 Å². The van der Waals surface area contributed by atoms with Crippen LogP contribution < -0.4 is 0 Å². The minimum Gasteiger partial charge on any atom is -0.468 e. The van der Waals surface area contributed by atoms with Crippen LogP contribution in [-0.4, -0.2) is 31.9 Å². The summed E-state index contributed by atoms with van der Waals surface area (Å²) in [6.45, 7) is 1.89. The summed E-state index contributed by atoms with van der Waals surface area (Å²) in [5.41, 5.74) is -2.18. The van der Waals surface area contributed by atoms with Crippen LogP contribution in [-0.2, 0) is 23.9 Å². The van der Waals surface area contributed by atoms with Gasteiger partial charge in [0.25, 0.3) is 0 Å². The highest BCUT2D eigenvalue weighted by molar-refractivity contribution is 5.96. The molecule has 118 valence electrons. The fourth-order valence-corrected chi connectivity index (χ4v) is 2.93. The SMILES string of the molecule is COC(=O)[C@H](C#N)[C@@](C#N)(C(=O)OC)[C@@H]1C[C@H](C)CCC1=O. The third kappa shape index (κ3) is 2.80. The number of nitriles is 2. The number of carbonyl (C=O) groups is 3. The molecule has 0 aliphatic heterocycles. The minimum absolute atomic E-state index is 0.0945. The summed E-state index contributed by atoms with van der Waals surface area (Å²) in [5.74, 6) is -5.07. The fourth-order valence-electron chi connectivity index (χ4n) is 2.93. The lowest BCUT2D eigenvalue weighted by atomic mass is 9.61. The highest BCUT2D eigenvalue weighted by Gasteiger charge is 2.60. The van der Waals surface area contributed by atoms with E-state index in [0.717, 1.165) is 14.2 Å². The van der Waals surface area contributed by atoms with Crippen LogP contribution in [0.1, 0.15) is 26.2 Å². The number of Topliss-reactive ketones (excluding diaryl/α,β-unsaturated/α-hetero) is 1. The summed E-state index contributed by atoms with van der Waals surface area (Å²) < 4.78 is 9.18. The molecule has 7 nitrogen and oxygen atoms in total. The Kier molecular flexibility index (Phi) is 5.64. The van der Waals surface area contributed by atoms with Crippen molar-refractivity contribution in [3.8, 4) is 12.1 Å². The van der Waals surface area contributed by atoms with Crippen LogP contribution in [0.25, 0.3) is 0 Å². The molecule has 0 aromatic carbocycles. The smallest absolute Gasteiger partial charge is 0.328 e. The molecule has 0 spiro atoms. The molecule has 0 radical (unpaired) electrons. The van der Waals surface area contributed by atoms with Crippen LogP contribution in [0, 0.1) is 45.8 Å². The van der Waals surface area contributed by atoms with Gasteiger partial charge in [-0.2, -0.15) is 10.5 Å². The Morgan fingerprint density at radius 3 is 2.41 bits per heavy atom. The van der Waals surface area contributed by atoms with Crippen molar-refractivity contribution in [1.29, 1.82) is 10.5 Å². The second-order valence-electron chi connectivity index (χ2n) is 5.46. The molecule has 0 unspecified atom stereocenters. The van der Waals surface area contributed by atoms with Crippen LogP contribution >= 0.6 is 0 Å². The van der Waals surface area contributed by atoms with E-state index in [0.29, 0.717) is 6.42 Å². The number of hydrogen-bond acceptors (Lipinski definition) is 7. The Labute approximate surface area is 128 Å². The van der Waals surface area contributed by atoms with Crippen LogP contribution in [0.4, 0.5) is 0 Å². The van der Waals surface area contributed by atoms with E-state index in [2.05, 4.69) is 9.47 Å². The highest BCUT2D eigenvalue weighted by atomic mass is 16.5. The normalized spacial score (nSPS) is 25.0. The van der Waals surface area contributed by atoms with Gasteiger partial charge in [0.1, 0.15) is 5.78 Å². The second-order valence-corrected chi connectivity index (χ2v) is 5.46. The molecule has 1 saturated carbocycles. The molecule has 1 aliphatic rings. The number of ether oxygens (including phenoxy) is 2. The maximum atomic E-state index is 12.3. The number of esters is 2. The molecule has 4 atom stereocenters. The fraction of sp³-hybridized carbons (Fsp3) is 0.667. The van der Waals surface area contributed by atoms with Crippen molar-refractivity contribution < 1.29 is 23.9 Å². The lowest BCUT2D eigenvalue weighted by Crippen LogP contribution is -2.51. The largest absolute Gasteiger partial charge is 0.468 e. The number of hydrogen-bond donors (Lipinski definition) is 0. The molecule has 0 aromatic rings. The monoisotopic (exact) mass is 306 g/mol. The molecule has 7 heteroatoms. The van der Waals surface area contributed by atoms with Gasteiger partial charge in [-0.05, 0) is 18.8 Å². The molecule has 0 saturated heterocycles. The van der Waals surface area contributed by atoms with Gasteiger partial charge >= 0.3 is 11.9 Å². The first kappa shape index (κ1) is 17.6. The summed E-state index contributed by atoms with van der Waals surface area (Å²) in [6, 6.07) is 3.38. The van der Waals surface area contributed by atoms with E-state index >= 15 is 0 Å². The van der Waals surface area contributed by atoms with Crippen LogP contribution in [0.2, 0.25) is 0 Å². The van der Waals surface area contributed by atoms with Crippen LogP contribution in [0.15, 0.2) is 0 Å². The topological polar surface area (TPSA) is 117 Å². The summed E-state index contributed by atoms with van der Waals surface area (Å²) in [4.78, 5) is 36.4. The van der Waals surface area contributed by atoms with Crippen molar-refractivity contribution in [2.45, 2.75) is 26.2 Å². The Hall–Kier alpha value is -2.41. The van der Waals surface area contributed by atoms with E-state index in [1.54, 1.807) is 12.1 Å². The number of nitrogens with zero attached hydrogens (tertiary/aromatic N) is 2. The highest BCUT2D eigenvalue weighted by Crippen LogP contribution is 2.44. The first-order chi connectivity index (χ1) is 10.4. The number of ketones is 1. The Balaban J connectivity index is 3.49. The Bertz CT molecular complexity index is 559. The zero-order valence-corrected chi connectivity index (χ0v) is 12.8. The van der Waals surface area contributed by atoms with Crippen molar-refractivity contribution in [2.75, 3.05) is 14.2 Å². The average Bonchev–Trinajstić information content (AvgIpc) is 2.53. The molecule has 0 aromatic heterocycles. The Morgan fingerprint density at radius 2 is 1.95 bits per heavy atom. The molecule has 22 heavy (non-hydrogen) atoms. The predicted molar refractivity (Wildman–Crippen MR) is 72.7 cm³/mol. The van der Waals surface area contributed by atoms with Gasteiger partial charge in [-0.15, -0.1) is 0 Å². The van der Waals surface area contributed by atoms with Gasteiger partial charge in [-0.1, -0.05) is 6.92 Å². The summed E-state index contributed by atoms with van der Waals surface area (Å²) in [6.07, 6.45) is 1.09. The molecule has 1 fully saturated rings. The predicted octanol–water partition coefficient (Wildman–Crippen LogP) is 0.987. The van der Waals surface area contributed by atoms with E-state index in [-0.39, 0.29) is 24.5 Å². The molecule has 0 amide bonds. The summed E-state index contributed by atoms with van der Waals surface area (Å²) in [5, 5.41) is 18.9. The van der Waals surface area contributed by atoms with E-state index in [1.165, 1.54) is 0 Å². The van der Waals surface area contributed by atoms with Gasteiger partial charge in [0.15, 0.2) is 11.3 Å². The van der Waals surface area contributed by atoms with E-state index < -0.39 is 29.2 Å². The van der Waals surface area contributed by atoms with Gasteiger partial charge in [0.05, 0.1) is 26.4 Å². The number of rotatable bonds is 4. The molecular weight excluding hydrogens is 288 g/mol. The summed E-state index contributed by atoms with van der Waals surface area (Å²) in [7, 11) is 2.11. The quantitative estimate of drug-likeness (QED) is 0.710. The van der Waals surface area contributed by atoms with Gasteiger partial charge in [-0.25, -0.2) is 0 Å². The zero-order chi connectivity index (χ0) is 16.9. The summed E-state index contributed by atoms with van der Waals surface area (Å²) >= 11 is 0. The van der Waals surface area contributed by atoms with E-state index in [9.17, 15) is 24.9 Å². The average molecular weight is 306 g/mol. The number of carbonyl (C=O) groups excluding carboxylic acids is 3. The van der Waals surface area contributed by atoms with Crippen LogP contribution in [0.3, 0.4) is 0 Å². The first-order valence-electron chi connectivity index (χ1n) is 6.88. The van der Waals surface area contributed by atoms with Crippen molar-refractivity contribution in [3.05, 3.63) is 0 Å². The third-order valence-corrected chi connectivity index (χ3v) is 4.19. The molecular formula is C15H18N2O5. The third-order valence-electron chi connectivity index (χ3n) is 4.19. The maximum Gasteiger partial charge on any atom is 0.328 e. The molecule has 0 heterocycles. The van der Waals surface area contributed by atoms with Gasteiger partial charge in [-0.3, -0.25) is 14.4 Å². The molecule has 1 rings (SSSR count). The van der Waals surface area contributed by atoms with E-state index in [4.69, 9.17) is 0 Å². The zero-order valence-electron chi connectivity index (χ0n) is 12.8. The van der Waals surface area contributed by atoms with Gasteiger partial charge in [0.2, 0.25) is 0 Å². The lowest BCUT2D eigenvalue weighted by Gasteiger charge is -2.37. The minimum atomic E-state index is -2.18. The van der Waals surface area contributed by atoms with Crippen molar-refractivity contribution >= 4 is 17.7 Å². The van der Waals surface area contributed by atoms with Crippen molar-refractivity contribution in [1.82, 2.24) is 0 Å². The van der Waals surface area contributed by atoms with E-state index in [1.807, 2.05) is 6.92 Å². The molecule has 1 aliphatic carbocycles. The second kappa shape index (κ2) is 7.04. The first-order valence-corrected chi connectivity index (χ1v) is 6.88. The molecule has 0 N–H and O–H groups in total. The van der Waals surface area contributed by atoms with Crippen molar-refractivity contribution in [2.24, 2.45) is 23.2 Å². The number of methoxy groups -OCH3 is 2. The van der Waals surface area contributed by atoms with Gasteiger partial charge < -0.3 is 9.47 Å². The lowest BCUT2D eigenvalue weighted by molar-refractivity contribution is -0.166.